The first-order chi connectivity index (χ1) is 12.7. The zero-order valence-corrected chi connectivity index (χ0v) is 14.3. The summed E-state index contributed by atoms with van der Waals surface area (Å²) in [5, 5.41) is 5.67. The topological polar surface area (TPSA) is 86.9 Å². The second-order valence-electron chi connectivity index (χ2n) is 6.54. The van der Waals surface area contributed by atoms with E-state index in [2.05, 4.69) is 20.6 Å². The van der Waals surface area contributed by atoms with Crippen molar-refractivity contribution in [1.29, 1.82) is 0 Å². The zero-order chi connectivity index (χ0) is 17.9. The Morgan fingerprint density at radius 1 is 1.08 bits per heavy atom. The van der Waals surface area contributed by atoms with Crippen molar-refractivity contribution in [3.05, 3.63) is 48.5 Å². The smallest absolute Gasteiger partial charge is 0.246 e. The number of hydrogen-bond acceptors (Lipinski definition) is 3. The summed E-state index contributed by atoms with van der Waals surface area (Å²) in [6.07, 6.45) is 2.88. The quantitative estimate of drug-likeness (QED) is 0.679. The van der Waals surface area contributed by atoms with Crippen LogP contribution in [0.1, 0.15) is 25.7 Å². The van der Waals surface area contributed by atoms with E-state index in [1.54, 1.807) is 0 Å². The molecular weight excluding hydrogens is 328 g/mol. The number of nitrogens with one attached hydrogen (secondary N) is 3. The molecule has 0 bridgehead atoms. The Hall–Kier alpha value is -3.15. The fraction of sp³-hybridized carbons (Fsp3) is 0.250. The molecule has 6 nitrogen and oxygen atoms in total. The number of carbonyl (C=O) groups excluding carboxylic acids is 2. The number of hydrogen-bond donors (Lipinski definition) is 3. The monoisotopic (exact) mass is 348 g/mol. The van der Waals surface area contributed by atoms with E-state index >= 15 is 0 Å². The van der Waals surface area contributed by atoms with Crippen molar-refractivity contribution in [2.24, 2.45) is 0 Å². The maximum atomic E-state index is 12.4. The van der Waals surface area contributed by atoms with Gasteiger partial charge in [0.15, 0.2) is 0 Å². The highest BCUT2D eigenvalue weighted by Crippen LogP contribution is 2.22. The van der Waals surface area contributed by atoms with Crippen LogP contribution in [-0.4, -0.2) is 27.8 Å². The molecule has 2 heterocycles. The van der Waals surface area contributed by atoms with E-state index in [1.165, 1.54) is 0 Å². The number of imidazole rings is 1. The number of aromatic amines is 1. The Morgan fingerprint density at radius 3 is 2.69 bits per heavy atom. The van der Waals surface area contributed by atoms with Crippen LogP contribution in [0.5, 0.6) is 0 Å². The Kier molecular flexibility index (Phi) is 4.39. The predicted octanol–water partition coefficient (Wildman–Crippen LogP) is 3.23. The summed E-state index contributed by atoms with van der Waals surface area (Å²) in [5.41, 5.74) is 3.56. The lowest BCUT2D eigenvalue weighted by atomic mass is 10.1. The van der Waals surface area contributed by atoms with E-state index in [0.717, 1.165) is 35.3 Å². The second-order valence-corrected chi connectivity index (χ2v) is 6.54. The van der Waals surface area contributed by atoms with Gasteiger partial charge in [-0.1, -0.05) is 18.6 Å². The van der Waals surface area contributed by atoms with Crippen LogP contribution in [0.15, 0.2) is 48.5 Å². The van der Waals surface area contributed by atoms with Crippen molar-refractivity contribution >= 4 is 28.5 Å². The van der Waals surface area contributed by atoms with Gasteiger partial charge in [0.1, 0.15) is 11.9 Å². The highest BCUT2D eigenvalue weighted by atomic mass is 16.2. The number of aromatic nitrogens is 2. The van der Waals surface area contributed by atoms with Crippen molar-refractivity contribution < 1.29 is 9.59 Å². The number of H-pyrrole nitrogens is 1. The average molecular weight is 348 g/mol. The fourth-order valence-corrected chi connectivity index (χ4v) is 3.20. The number of nitrogens with zero attached hydrogens (tertiary/aromatic N) is 1. The van der Waals surface area contributed by atoms with Gasteiger partial charge in [-0.3, -0.25) is 9.59 Å². The highest BCUT2D eigenvalue weighted by Gasteiger charge is 2.23. The third-order valence-electron chi connectivity index (χ3n) is 4.61. The molecule has 26 heavy (non-hydrogen) atoms. The van der Waals surface area contributed by atoms with Gasteiger partial charge in [-0.15, -0.1) is 0 Å². The SMILES string of the molecule is O=C1CCCC[C@H](C(=O)Nc2ccc(-c3nc4ccccc4[nH]3)cc2)N1. The molecular formula is C20H20N4O2. The lowest BCUT2D eigenvalue weighted by Gasteiger charge is -2.15. The molecule has 1 fully saturated rings. The van der Waals surface area contributed by atoms with E-state index in [9.17, 15) is 9.59 Å². The highest BCUT2D eigenvalue weighted by molar-refractivity contribution is 5.97. The molecule has 0 spiro atoms. The number of amides is 2. The molecule has 1 atom stereocenters. The second kappa shape index (κ2) is 7.00. The van der Waals surface area contributed by atoms with Gasteiger partial charge in [-0.05, 0) is 49.2 Å². The Bertz CT molecular complexity index is 913. The molecule has 0 aliphatic carbocycles. The van der Waals surface area contributed by atoms with Gasteiger partial charge in [0.2, 0.25) is 11.8 Å². The molecule has 2 aromatic carbocycles. The third-order valence-corrected chi connectivity index (χ3v) is 4.61. The molecule has 6 heteroatoms. The molecule has 132 valence electrons. The van der Waals surface area contributed by atoms with Crippen LogP contribution in [0.3, 0.4) is 0 Å². The van der Waals surface area contributed by atoms with Crippen molar-refractivity contribution in [1.82, 2.24) is 15.3 Å². The van der Waals surface area contributed by atoms with Gasteiger partial charge in [-0.2, -0.15) is 0 Å². The summed E-state index contributed by atoms with van der Waals surface area (Å²) >= 11 is 0. The molecule has 3 N–H and O–H groups in total. The molecule has 1 aliphatic heterocycles. The lowest BCUT2D eigenvalue weighted by Crippen LogP contribution is -2.42. The number of para-hydroxylation sites is 2. The minimum Gasteiger partial charge on any atom is -0.344 e. The molecule has 1 aliphatic rings. The first kappa shape index (κ1) is 16.3. The van der Waals surface area contributed by atoms with E-state index < -0.39 is 6.04 Å². The molecule has 1 aromatic heterocycles. The van der Waals surface area contributed by atoms with Crippen LogP contribution in [0.2, 0.25) is 0 Å². The maximum Gasteiger partial charge on any atom is 0.246 e. The van der Waals surface area contributed by atoms with Crippen LogP contribution in [0.4, 0.5) is 5.69 Å². The van der Waals surface area contributed by atoms with Crippen molar-refractivity contribution in [2.45, 2.75) is 31.7 Å². The first-order valence-electron chi connectivity index (χ1n) is 8.84. The van der Waals surface area contributed by atoms with Crippen LogP contribution in [-0.2, 0) is 9.59 Å². The van der Waals surface area contributed by atoms with Gasteiger partial charge in [-0.25, -0.2) is 4.98 Å². The molecule has 3 aromatic rings. The normalized spacial score (nSPS) is 17.5. The van der Waals surface area contributed by atoms with E-state index in [0.29, 0.717) is 18.5 Å². The van der Waals surface area contributed by atoms with Crippen molar-refractivity contribution in [2.75, 3.05) is 5.32 Å². The number of benzene rings is 2. The predicted molar refractivity (Wildman–Crippen MR) is 101 cm³/mol. The number of carbonyl (C=O) groups is 2. The Balaban J connectivity index is 1.47. The van der Waals surface area contributed by atoms with Crippen LogP contribution >= 0.6 is 0 Å². The summed E-state index contributed by atoms with van der Waals surface area (Å²) in [7, 11) is 0. The van der Waals surface area contributed by atoms with Crippen LogP contribution < -0.4 is 10.6 Å². The molecule has 0 saturated carbocycles. The lowest BCUT2D eigenvalue weighted by molar-refractivity contribution is -0.125. The van der Waals surface area contributed by atoms with Crippen LogP contribution in [0, 0.1) is 0 Å². The van der Waals surface area contributed by atoms with Crippen LogP contribution in [0.25, 0.3) is 22.4 Å². The van der Waals surface area contributed by atoms with E-state index in [4.69, 9.17) is 0 Å². The van der Waals surface area contributed by atoms with Crippen molar-refractivity contribution in [3.63, 3.8) is 0 Å². The summed E-state index contributed by atoms with van der Waals surface area (Å²) in [6.45, 7) is 0. The van der Waals surface area contributed by atoms with Gasteiger partial charge in [0, 0.05) is 17.7 Å². The standard InChI is InChI=1S/C20H20N4O2/c25-18-8-4-3-7-17(22-18)20(26)21-14-11-9-13(10-12-14)19-23-15-5-1-2-6-16(15)24-19/h1-2,5-6,9-12,17H,3-4,7-8H2,(H,21,26)(H,22,25)(H,23,24)/t17-/m1/s1. The Morgan fingerprint density at radius 2 is 1.88 bits per heavy atom. The summed E-state index contributed by atoms with van der Waals surface area (Å²) in [5.74, 6) is 0.569. The van der Waals surface area contributed by atoms with Gasteiger partial charge < -0.3 is 15.6 Å². The average Bonchev–Trinajstić information content (AvgIpc) is 2.97. The fourth-order valence-electron chi connectivity index (χ4n) is 3.20. The largest absolute Gasteiger partial charge is 0.344 e. The Labute approximate surface area is 151 Å². The molecule has 1 saturated heterocycles. The number of rotatable bonds is 3. The maximum absolute atomic E-state index is 12.4. The third kappa shape index (κ3) is 3.44. The minimum absolute atomic E-state index is 0.0529. The van der Waals surface area contributed by atoms with Gasteiger partial charge in [0.25, 0.3) is 0 Å². The van der Waals surface area contributed by atoms with E-state index in [-0.39, 0.29) is 11.8 Å². The molecule has 0 unspecified atom stereocenters. The zero-order valence-electron chi connectivity index (χ0n) is 14.3. The first-order valence-corrected chi connectivity index (χ1v) is 8.84. The number of anilines is 1. The van der Waals surface area contributed by atoms with E-state index in [1.807, 2.05) is 48.5 Å². The molecule has 4 rings (SSSR count). The van der Waals surface area contributed by atoms with Gasteiger partial charge in [0.05, 0.1) is 11.0 Å². The minimum atomic E-state index is -0.458. The van der Waals surface area contributed by atoms with Gasteiger partial charge >= 0.3 is 0 Å². The molecule has 0 radical (unpaired) electrons. The molecule has 2 amide bonds. The number of fused-ring (bicyclic) bond motifs is 1. The van der Waals surface area contributed by atoms with Crippen molar-refractivity contribution in [3.8, 4) is 11.4 Å². The summed E-state index contributed by atoms with van der Waals surface area (Å²) < 4.78 is 0. The summed E-state index contributed by atoms with van der Waals surface area (Å²) in [4.78, 5) is 31.9. The summed E-state index contributed by atoms with van der Waals surface area (Å²) in [6, 6.07) is 14.9.